The number of hydrogen-bond acceptors (Lipinski definition) is 4. The molecule has 0 aromatic heterocycles. The molecule has 5 nitrogen and oxygen atoms in total. The van der Waals surface area contributed by atoms with Crippen LogP contribution in [0.5, 0.6) is 5.75 Å². The molecule has 2 aromatic carbocycles. The topological polar surface area (TPSA) is 58.6 Å². The predicted molar refractivity (Wildman–Crippen MR) is 105 cm³/mol. The first kappa shape index (κ1) is 19.8. The second kappa shape index (κ2) is 9.87. The van der Waals surface area contributed by atoms with Gasteiger partial charge in [0, 0.05) is 43.3 Å². The average Bonchev–Trinajstić information content (AvgIpc) is 2.66. The van der Waals surface area contributed by atoms with Crippen molar-refractivity contribution in [2.45, 2.75) is 17.9 Å². The Labute approximate surface area is 158 Å². The first-order chi connectivity index (χ1) is 12.5. The smallest absolute Gasteiger partial charge is 0.253 e. The molecule has 0 aliphatic heterocycles. The number of nitrogens with zero attached hydrogens (tertiary/aromatic N) is 1. The van der Waals surface area contributed by atoms with Crippen molar-refractivity contribution >= 4 is 23.6 Å². The van der Waals surface area contributed by atoms with Gasteiger partial charge in [0.2, 0.25) is 5.91 Å². The van der Waals surface area contributed by atoms with Crippen LogP contribution in [0.1, 0.15) is 22.3 Å². The number of carbonyl (C=O) groups is 2. The van der Waals surface area contributed by atoms with Crippen molar-refractivity contribution in [3.05, 3.63) is 59.7 Å². The molecule has 26 heavy (non-hydrogen) atoms. The van der Waals surface area contributed by atoms with Gasteiger partial charge in [0.1, 0.15) is 5.75 Å². The van der Waals surface area contributed by atoms with Gasteiger partial charge in [-0.3, -0.25) is 9.59 Å². The molecule has 2 aromatic rings. The maximum atomic E-state index is 12.0. The van der Waals surface area contributed by atoms with Crippen molar-refractivity contribution in [3.63, 3.8) is 0 Å². The van der Waals surface area contributed by atoms with E-state index in [1.165, 1.54) is 4.90 Å². The number of rotatable bonds is 8. The molecule has 0 saturated carbocycles. The summed E-state index contributed by atoms with van der Waals surface area (Å²) >= 11 is 1.64. The Morgan fingerprint density at radius 2 is 1.69 bits per heavy atom. The van der Waals surface area contributed by atoms with Gasteiger partial charge in [-0.2, -0.15) is 0 Å². The third kappa shape index (κ3) is 6.11. The van der Waals surface area contributed by atoms with Crippen molar-refractivity contribution in [2.75, 3.05) is 27.0 Å². The Hall–Kier alpha value is -2.47. The number of nitrogens with one attached hydrogen (secondary N) is 1. The number of carbonyl (C=O) groups excluding carboxylic acids is 2. The second-order valence-electron chi connectivity index (χ2n) is 5.95. The molecule has 0 unspecified atom stereocenters. The monoisotopic (exact) mass is 372 g/mol. The van der Waals surface area contributed by atoms with Crippen LogP contribution in [-0.4, -0.2) is 43.7 Å². The van der Waals surface area contributed by atoms with E-state index in [1.54, 1.807) is 45.1 Å². The lowest BCUT2D eigenvalue weighted by molar-refractivity contribution is -0.120. The molecule has 138 valence electrons. The van der Waals surface area contributed by atoms with Crippen LogP contribution in [0.4, 0.5) is 0 Å². The zero-order valence-electron chi connectivity index (χ0n) is 15.3. The molecule has 0 aliphatic rings. The van der Waals surface area contributed by atoms with Gasteiger partial charge < -0.3 is 15.0 Å². The summed E-state index contributed by atoms with van der Waals surface area (Å²) in [4.78, 5) is 26.5. The number of methoxy groups -OCH3 is 1. The highest BCUT2D eigenvalue weighted by Crippen LogP contribution is 2.21. The Kier molecular flexibility index (Phi) is 7.53. The van der Waals surface area contributed by atoms with E-state index in [9.17, 15) is 9.59 Å². The Bertz CT molecular complexity index is 728. The fourth-order valence-corrected chi connectivity index (χ4v) is 3.10. The lowest BCUT2D eigenvalue weighted by atomic mass is 10.1. The highest BCUT2D eigenvalue weighted by Gasteiger charge is 2.08. The van der Waals surface area contributed by atoms with E-state index in [2.05, 4.69) is 5.32 Å². The van der Waals surface area contributed by atoms with E-state index >= 15 is 0 Å². The number of benzene rings is 2. The molecule has 0 radical (unpaired) electrons. The second-order valence-corrected chi connectivity index (χ2v) is 7.12. The predicted octanol–water partition coefficient (Wildman–Crippen LogP) is 3.20. The molecule has 6 heteroatoms. The van der Waals surface area contributed by atoms with E-state index in [-0.39, 0.29) is 11.8 Å². The zero-order valence-corrected chi connectivity index (χ0v) is 16.1. The van der Waals surface area contributed by atoms with E-state index < -0.39 is 0 Å². The first-order valence-electron chi connectivity index (χ1n) is 8.33. The number of ether oxygens (including phenoxy) is 1. The third-order valence-corrected chi connectivity index (χ3v) is 4.77. The number of hydrogen-bond donors (Lipinski definition) is 1. The fourth-order valence-electron chi connectivity index (χ4n) is 2.25. The molecule has 0 heterocycles. The minimum atomic E-state index is -0.0313. The Morgan fingerprint density at radius 1 is 1.04 bits per heavy atom. The summed E-state index contributed by atoms with van der Waals surface area (Å²) in [6.45, 7) is 0.461. The largest absolute Gasteiger partial charge is 0.497 e. The van der Waals surface area contributed by atoms with Crippen LogP contribution < -0.4 is 10.1 Å². The maximum Gasteiger partial charge on any atom is 0.253 e. The number of thioether (sulfide) groups is 1. The van der Waals surface area contributed by atoms with Gasteiger partial charge in [-0.15, -0.1) is 11.8 Å². The molecule has 0 fully saturated rings. The van der Waals surface area contributed by atoms with Crippen LogP contribution in [0.15, 0.2) is 53.4 Å². The summed E-state index contributed by atoms with van der Waals surface area (Å²) in [5.41, 5.74) is 1.61. The maximum absolute atomic E-state index is 12.0. The van der Waals surface area contributed by atoms with E-state index in [0.717, 1.165) is 16.2 Å². The van der Waals surface area contributed by atoms with Crippen molar-refractivity contribution in [3.8, 4) is 5.75 Å². The highest BCUT2D eigenvalue weighted by atomic mass is 32.2. The van der Waals surface area contributed by atoms with Crippen LogP contribution in [0, 0.1) is 0 Å². The zero-order chi connectivity index (χ0) is 18.9. The van der Waals surface area contributed by atoms with Crippen molar-refractivity contribution in [1.82, 2.24) is 10.2 Å². The molecule has 0 saturated heterocycles. The van der Waals surface area contributed by atoms with Crippen molar-refractivity contribution in [1.29, 1.82) is 0 Å². The normalized spacial score (nSPS) is 10.3. The van der Waals surface area contributed by atoms with Gasteiger partial charge in [-0.25, -0.2) is 0 Å². The van der Waals surface area contributed by atoms with Gasteiger partial charge in [-0.1, -0.05) is 12.1 Å². The Morgan fingerprint density at radius 3 is 2.27 bits per heavy atom. The fraction of sp³-hybridized carbons (Fsp3) is 0.300. The lowest BCUT2D eigenvalue weighted by Crippen LogP contribution is -2.23. The quantitative estimate of drug-likeness (QED) is 0.723. The van der Waals surface area contributed by atoms with Gasteiger partial charge in [0.25, 0.3) is 5.91 Å². The molecule has 0 aliphatic carbocycles. The molecule has 0 bridgehead atoms. The average molecular weight is 372 g/mol. The minimum Gasteiger partial charge on any atom is -0.497 e. The molecular formula is C20H24N2O3S. The van der Waals surface area contributed by atoms with E-state index in [4.69, 9.17) is 4.74 Å². The SMILES string of the molecule is COc1ccc(SCCC(=O)NCc2ccc(C(=O)N(C)C)cc2)cc1. The molecule has 0 atom stereocenters. The van der Waals surface area contributed by atoms with Crippen LogP contribution in [0.25, 0.3) is 0 Å². The standard InChI is InChI=1S/C20H24N2O3S/c1-22(2)20(24)16-6-4-15(5-7-16)14-21-19(23)12-13-26-18-10-8-17(25-3)9-11-18/h4-11H,12-14H2,1-3H3,(H,21,23). The van der Waals surface area contributed by atoms with Crippen LogP contribution in [0.2, 0.25) is 0 Å². The summed E-state index contributed by atoms with van der Waals surface area (Å²) in [5, 5.41) is 2.91. The first-order valence-corrected chi connectivity index (χ1v) is 9.32. The summed E-state index contributed by atoms with van der Waals surface area (Å²) in [5.74, 6) is 1.52. The molecule has 0 spiro atoms. The van der Waals surface area contributed by atoms with Gasteiger partial charge >= 0.3 is 0 Å². The van der Waals surface area contributed by atoms with Crippen LogP contribution in [0.3, 0.4) is 0 Å². The van der Waals surface area contributed by atoms with E-state index in [0.29, 0.717) is 24.3 Å². The Balaban J connectivity index is 1.71. The molecule has 2 amide bonds. The molecule has 1 N–H and O–H groups in total. The highest BCUT2D eigenvalue weighted by molar-refractivity contribution is 7.99. The third-order valence-electron chi connectivity index (χ3n) is 3.75. The van der Waals surface area contributed by atoms with Gasteiger partial charge in [0.15, 0.2) is 0 Å². The van der Waals surface area contributed by atoms with Gasteiger partial charge in [0.05, 0.1) is 7.11 Å². The van der Waals surface area contributed by atoms with Crippen molar-refractivity contribution in [2.24, 2.45) is 0 Å². The summed E-state index contributed by atoms with van der Waals surface area (Å²) in [6, 6.07) is 15.1. The molecule has 2 rings (SSSR count). The summed E-state index contributed by atoms with van der Waals surface area (Å²) < 4.78 is 5.12. The number of amides is 2. The van der Waals surface area contributed by atoms with Crippen LogP contribution in [-0.2, 0) is 11.3 Å². The lowest BCUT2D eigenvalue weighted by Gasteiger charge is -2.11. The van der Waals surface area contributed by atoms with Gasteiger partial charge in [-0.05, 0) is 42.0 Å². The summed E-state index contributed by atoms with van der Waals surface area (Å²) in [7, 11) is 5.08. The summed E-state index contributed by atoms with van der Waals surface area (Å²) in [6.07, 6.45) is 0.452. The van der Waals surface area contributed by atoms with Crippen LogP contribution >= 0.6 is 11.8 Å². The molecular weight excluding hydrogens is 348 g/mol. The minimum absolute atomic E-state index is 0.0134. The van der Waals surface area contributed by atoms with E-state index in [1.807, 2.05) is 36.4 Å². The van der Waals surface area contributed by atoms with Crippen molar-refractivity contribution < 1.29 is 14.3 Å².